The van der Waals surface area contributed by atoms with Crippen LogP contribution in [0, 0.1) is 5.92 Å². The lowest BCUT2D eigenvalue weighted by atomic mass is 10.0. The second kappa shape index (κ2) is 5.33. The highest BCUT2D eigenvalue weighted by molar-refractivity contribution is 9.10. The van der Waals surface area contributed by atoms with Gasteiger partial charge in [0.15, 0.2) is 0 Å². The largest absolute Gasteiger partial charge is 0.307 e. The van der Waals surface area contributed by atoms with Gasteiger partial charge in [0.2, 0.25) is 0 Å². The minimum Gasteiger partial charge on any atom is -0.307 e. The van der Waals surface area contributed by atoms with Crippen molar-refractivity contribution < 1.29 is 0 Å². The van der Waals surface area contributed by atoms with Gasteiger partial charge in [-0.1, -0.05) is 47.5 Å². The fourth-order valence-corrected chi connectivity index (χ4v) is 3.26. The molecule has 1 aliphatic carbocycles. The highest BCUT2D eigenvalue weighted by Crippen LogP contribution is 2.29. The van der Waals surface area contributed by atoms with Crippen LogP contribution in [0.4, 0.5) is 0 Å². The van der Waals surface area contributed by atoms with Crippen LogP contribution in [0.3, 0.4) is 0 Å². The van der Waals surface area contributed by atoms with E-state index in [2.05, 4.69) is 59.4 Å². The number of rotatable bonds is 3. The van der Waals surface area contributed by atoms with Gasteiger partial charge >= 0.3 is 0 Å². The minimum absolute atomic E-state index is 0.432. The molecule has 0 aliphatic heterocycles. The van der Waals surface area contributed by atoms with Gasteiger partial charge in [-0.3, -0.25) is 0 Å². The second-order valence-corrected chi connectivity index (χ2v) is 5.78. The van der Waals surface area contributed by atoms with E-state index in [9.17, 15) is 0 Å². The monoisotopic (exact) mass is 281 g/mol. The zero-order chi connectivity index (χ0) is 11.5. The van der Waals surface area contributed by atoms with Gasteiger partial charge in [-0.2, -0.15) is 0 Å². The molecule has 2 unspecified atom stereocenters. The molecule has 0 aromatic heterocycles. The molecular weight excluding hydrogens is 262 g/mol. The normalized spacial score (nSPS) is 26.9. The molecule has 0 heterocycles. The molecule has 1 aromatic rings. The molecule has 0 spiro atoms. The summed E-state index contributed by atoms with van der Waals surface area (Å²) in [5.41, 5.74) is 1.36. The van der Waals surface area contributed by atoms with Gasteiger partial charge in [-0.15, -0.1) is 0 Å². The molecule has 0 amide bonds. The van der Waals surface area contributed by atoms with Crippen LogP contribution < -0.4 is 5.32 Å². The molecule has 1 fully saturated rings. The highest BCUT2D eigenvalue weighted by atomic mass is 79.9. The Morgan fingerprint density at radius 2 is 2.06 bits per heavy atom. The Kier molecular flexibility index (Phi) is 4.04. The molecular formula is C14H20BrN. The highest BCUT2D eigenvalue weighted by Gasteiger charge is 2.24. The van der Waals surface area contributed by atoms with Gasteiger partial charge in [-0.05, 0) is 37.3 Å². The van der Waals surface area contributed by atoms with Crippen molar-refractivity contribution in [3.8, 4) is 0 Å². The Hall–Kier alpha value is -0.340. The molecule has 88 valence electrons. The van der Waals surface area contributed by atoms with Crippen LogP contribution in [0.2, 0.25) is 0 Å². The summed E-state index contributed by atoms with van der Waals surface area (Å²) in [6.45, 7) is 4.61. The first kappa shape index (κ1) is 12.1. The van der Waals surface area contributed by atoms with Crippen molar-refractivity contribution in [3.63, 3.8) is 0 Å². The number of nitrogens with one attached hydrogen (secondary N) is 1. The smallest absolute Gasteiger partial charge is 0.0305 e. The fraction of sp³-hybridized carbons (Fsp3) is 0.571. The lowest BCUT2D eigenvalue weighted by molar-refractivity contribution is 0.388. The van der Waals surface area contributed by atoms with Gasteiger partial charge in [0, 0.05) is 16.6 Å². The van der Waals surface area contributed by atoms with Crippen molar-refractivity contribution in [1.29, 1.82) is 0 Å². The summed E-state index contributed by atoms with van der Waals surface area (Å²) in [4.78, 5) is 0. The average Bonchev–Trinajstić information content (AvgIpc) is 2.65. The van der Waals surface area contributed by atoms with Crippen molar-refractivity contribution >= 4 is 15.9 Å². The molecule has 1 saturated carbocycles. The van der Waals surface area contributed by atoms with Crippen molar-refractivity contribution in [2.24, 2.45) is 5.92 Å². The van der Waals surface area contributed by atoms with E-state index >= 15 is 0 Å². The van der Waals surface area contributed by atoms with Crippen LogP contribution in [0.25, 0.3) is 0 Å². The molecule has 1 aromatic carbocycles. The van der Waals surface area contributed by atoms with Crippen molar-refractivity contribution in [2.45, 2.75) is 45.2 Å². The molecule has 3 atom stereocenters. The standard InChI is InChI=1S/C14H20BrN/c1-10-6-5-9-14(10)16-11(2)12-7-3-4-8-13(12)15/h3-4,7-8,10-11,14,16H,5-6,9H2,1-2H3/t10?,11-,14?/m1/s1. The summed E-state index contributed by atoms with van der Waals surface area (Å²) in [5, 5.41) is 3.76. The number of hydrogen-bond donors (Lipinski definition) is 1. The lowest BCUT2D eigenvalue weighted by Gasteiger charge is -2.23. The zero-order valence-corrected chi connectivity index (χ0v) is 11.6. The summed E-state index contributed by atoms with van der Waals surface area (Å²) >= 11 is 3.62. The van der Waals surface area contributed by atoms with E-state index in [4.69, 9.17) is 0 Å². The van der Waals surface area contributed by atoms with E-state index < -0.39 is 0 Å². The van der Waals surface area contributed by atoms with E-state index in [0.717, 1.165) is 5.92 Å². The maximum absolute atomic E-state index is 3.76. The third-order valence-electron chi connectivity index (χ3n) is 3.70. The van der Waals surface area contributed by atoms with Gasteiger partial charge < -0.3 is 5.32 Å². The summed E-state index contributed by atoms with van der Waals surface area (Å²) in [7, 11) is 0. The predicted octanol–water partition coefficient (Wildman–Crippen LogP) is 4.29. The zero-order valence-electron chi connectivity index (χ0n) is 10.0. The molecule has 2 heteroatoms. The summed E-state index contributed by atoms with van der Waals surface area (Å²) < 4.78 is 1.21. The topological polar surface area (TPSA) is 12.0 Å². The molecule has 16 heavy (non-hydrogen) atoms. The Labute approximate surface area is 107 Å². The van der Waals surface area contributed by atoms with Gasteiger partial charge in [0.05, 0.1) is 0 Å². The molecule has 1 nitrogen and oxygen atoms in total. The third-order valence-corrected chi connectivity index (χ3v) is 4.42. The molecule has 1 aliphatic rings. The van der Waals surface area contributed by atoms with Gasteiger partial charge in [-0.25, -0.2) is 0 Å². The average molecular weight is 282 g/mol. The first-order valence-corrected chi connectivity index (χ1v) is 6.98. The fourth-order valence-electron chi connectivity index (χ4n) is 2.63. The van der Waals surface area contributed by atoms with Crippen molar-refractivity contribution in [2.75, 3.05) is 0 Å². The quantitative estimate of drug-likeness (QED) is 0.872. The summed E-state index contributed by atoms with van der Waals surface area (Å²) in [5.74, 6) is 0.824. The first-order valence-electron chi connectivity index (χ1n) is 6.19. The van der Waals surface area contributed by atoms with E-state index in [1.165, 1.54) is 29.3 Å². The SMILES string of the molecule is CC1CCCC1N[C@H](C)c1ccccc1Br. The van der Waals surface area contributed by atoms with Crippen molar-refractivity contribution in [3.05, 3.63) is 34.3 Å². The Balaban J connectivity index is 2.03. The minimum atomic E-state index is 0.432. The van der Waals surface area contributed by atoms with Crippen LogP contribution in [0.1, 0.15) is 44.7 Å². The van der Waals surface area contributed by atoms with Crippen LogP contribution in [0.5, 0.6) is 0 Å². The van der Waals surface area contributed by atoms with E-state index in [1.807, 2.05) is 0 Å². The number of hydrogen-bond acceptors (Lipinski definition) is 1. The Morgan fingerprint density at radius 1 is 1.31 bits per heavy atom. The van der Waals surface area contributed by atoms with E-state index in [0.29, 0.717) is 12.1 Å². The van der Waals surface area contributed by atoms with Crippen LogP contribution >= 0.6 is 15.9 Å². The number of halogens is 1. The third kappa shape index (κ3) is 2.67. The maximum Gasteiger partial charge on any atom is 0.0305 e. The summed E-state index contributed by atoms with van der Waals surface area (Å²) in [6.07, 6.45) is 4.08. The van der Waals surface area contributed by atoms with Gasteiger partial charge in [0.25, 0.3) is 0 Å². The Morgan fingerprint density at radius 3 is 2.69 bits per heavy atom. The van der Waals surface area contributed by atoms with Crippen molar-refractivity contribution in [1.82, 2.24) is 5.32 Å². The molecule has 0 bridgehead atoms. The number of benzene rings is 1. The second-order valence-electron chi connectivity index (χ2n) is 4.92. The maximum atomic E-state index is 3.76. The molecule has 2 rings (SSSR count). The Bertz CT molecular complexity index is 350. The van der Waals surface area contributed by atoms with Gasteiger partial charge in [0.1, 0.15) is 0 Å². The molecule has 0 radical (unpaired) electrons. The van der Waals surface area contributed by atoms with Crippen LogP contribution in [0.15, 0.2) is 28.7 Å². The lowest BCUT2D eigenvalue weighted by Crippen LogP contribution is -2.33. The van der Waals surface area contributed by atoms with E-state index in [-0.39, 0.29) is 0 Å². The molecule has 1 N–H and O–H groups in total. The van der Waals surface area contributed by atoms with Crippen LogP contribution in [-0.2, 0) is 0 Å². The summed E-state index contributed by atoms with van der Waals surface area (Å²) in [6, 6.07) is 9.62. The van der Waals surface area contributed by atoms with Crippen LogP contribution in [-0.4, -0.2) is 6.04 Å². The predicted molar refractivity (Wildman–Crippen MR) is 72.5 cm³/mol. The van der Waals surface area contributed by atoms with E-state index in [1.54, 1.807) is 0 Å². The molecule has 0 saturated heterocycles. The first-order chi connectivity index (χ1) is 7.68.